The van der Waals surface area contributed by atoms with Crippen LogP contribution in [-0.4, -0.2) is 25.5 Å². The fourth-order valence-electron chi connectivity index (χ4n) is 4.05. The molecule has 1 aromatic carbocycles. The molecule has 3 rings (SSSR count). The predicted molar refractivity (Wildman–Crippen MR) is 96.8 cm³/mol. The van der Waals surface area contributed by atoms with Gasteiger partial charge in [-0.2, -0.15) is 0 Å². The van der Waals surface area contributed by atoms with E-state index in [0.717, 1.165) is 19.3 Å². The standard InChI is InChI=1S/C20H27FO4S/c1-13(2)16-10-9-14(3)11-18(16)25-19(22)17-12-20(17,21)26(23,24)15-7-5-4-6-8-15/h4-8,13-14,16-18H,9-12H2,1-3H3/t14-,16+,17?,18-,20?/m1/s1. The number of carbonyl (C=O) groups is 1. The van der Waals surface area contributed by atoms with E-state index in [1.807, 2.05) is 0 Å². The van der Waals surface area contributed by atoms with Crippen LogP contribution in [0.15, 0.2) is 35.2 Å². The van der Waals surface area contributed by atoms with Crippen LogP contribution in [0, 0.1) is 23.7 Å². The van der Waals surface area contributed by atoms with Crippen molar-refractivity contribution >= 4 is 15.8 Å². The predicted octanol–water partition coefficient (Wildman–Crippen LogP) is 4.15. The third-order valence-corrected chi connectivity index (χ3v) is 8.09. The monoisotopic (exact) mass is 382 g/mol. The molecule has 144 valence electrons. The van der Waals surface area contributed by atoms with E-state index in [9.17, 15) is 13.2 Å². The minimum absolute atomic E-state index is 0.0934. The molecule has 0 aromatic heterocycles. The molecule has 2 aliphatic rings. The lowest BCUT2D eigenvalue weighted by Crippen LogP contribution is -2.37. The van der Waals surface area contributed by atoms with E-state index in [-0.39, 0.29) is 23.3 Å². The van der Waals surface area contributed by atoms with Crippen molar-refractivity contribution in [3.05, 3.63) is 30.3 Å². The molecular weight excluding hydrogens is 355 g/mol. The molecule has 0 spiro atoms. The van der Waals surface area contributed by atoms with E-state index < -0.39 is 26.7 Å². The zero-order valence-electron chi connectivity index (χ0n) is 15.5. The number of alkyl halides is 1. The summed E-state index contributed by atoms with van der Waals surface area (Å²) >= 11 is 0. The zero-order valence-corrected chi connectivity index (χ0v) is 16.3. The first-order chi connectivity index (χ1) is 12.2. The van der Waals surface area contributed by atoms with Crippen molar-refractivity contribution < 1.29 is 22.3 Å². The lowest BCUT2D eigenvalue weighted by molar-refractivity contribution is -0.158. The first kappa shape index (κ1) is 19.3. The summed E-state index contributed by atoms with van der Waals surface area (Å²) < 4.78 is 45.8. The Labute approximate surface area is 155 Å². The van der Waals surface area contributed by atoms with Gasteiger partial charge in [-0.15, -0.1) is 0 Å². The van der Waals surface area contributed by atoms with Gasteiger partial charge < -0.3 is 4.74 Å². The summed E-state index contributed by atoms with van der Waals surface area (Å²) in [6, 6.07) is 7.47. The van der Waals surface area contributed by atoms with Crippen molar-refractivity contribution in [3.8, 4) is 0 Å². The highest BCUT2D eigenvalue weighted by molar-refractivity contribution is 7.93. The van der Waals surface area contributed by atoms with Crippen molar-refractivity contribution in [1.29, 1.82) is 0 Å². The number of esters is 1. The molecule has 2 unspecified atom stereocenters. The average molecular weight is 382 g/mol. The lowest BCUT2D eigenvalue weighted by atomic mass is 9.75. The fraction of sp³-hybridized carbons (Fsp3) is 0.650. The van der Waals surface area contributed by atoms with Crippen LogP contribution in [0.4, 0.5) is 4.39 Å². The molecule has 4 nitrogen and oxygen atoms in total. The van der Waals surface area contributed by atoms with Crippen LogP contribution in [0.25, 0.3) is 0 Å². The lowest BCUT2D eigenvalue weighted by Gasteiger charge is -2.36. The smallest absolute Gasteiger partial charge is 0.313 e. The van der Waals surface area contributed by atoms with Crippen LogP contribution in [0.5, 0.6) is 0 Å². The van der Waals surface area contributed by atoms with Gasteiger partial charge in [0.05, 0.1) is 4.90 Å². The van der Waals surface area contributed by atoms with Crippen LogP contribution < -0.4 is 0 Å². The summed E-state index contributed by atoms with van der Waals surface area (Å²) in [7, 11) is -4.21. The van der Waals surface area contributed by atoms with Crippen molar-refractivity contribution in [2.75, 3.05) is 0 Å². The van der Waals surface area contributed by atoms with Crippen LogP contribution in [0.3, 0.4) is 0 Å². The molecule has 1 aromatic rings. The van der Waals surface area contributed by atoms with Crippen LogP contribution in [-0.2, 0) is 19.4 Å². The topological polar surface area (TPSA) is 60.4 Å². The van der Waals surface area contributed by atoms with Gasteiger partial charge in [-0.25, -0.2) is 12.8 Å². The number of ether oxygens (including phenoxy) is 1. The quantitative estimate of drug-likeness (QED) is 0.718. The molecule has 2 fully saturated rings. The van der Waals surface area contributed by atoms with Gasteiger partial charge in [0, 0.05) is 6.42 Å². The number of sulfone groups is 1. The maximum Gasteiger partial charge on any atom is 0.313 e. The number of rotatable bonds is 5. The summed E-state index contributed by atoms with van der Waals surface area (Å²) in [5.74, 6) is -0.879. The van der Waals surface area contributed by atoms with E-state index in [2.05, 4.69) is 20.8 Å². The van der Waals surface area contributed by atoms with Crippen LogP contribution in [0.1, 0.15) is 46.5 Å². The van der Waals surface area contributed by atoms with Crippen molar-refractivity contribution in [2.45, 2.75) is 62.5 Å². The van der Waals surface area contributed by atoms with Gasteiger partial charge in [0.15, 0.2) is 0 Å². The van der Waals surface area contributed by atoms with Gasteiger partial charge in [0.1, 0.15) is 12.0 Å². The molecule has 0 N–H and O–H groups in total. The molecule has 0 radical (unpaired) electrons. The Morgan fingerprint density at radius 1 is 1.23 bits per heavy atom. The van der Waals surface area contributed by atoms with Crippen LogP contribution in [0.2, 0.25) is 0 Å². The Morgan fingerprint density at radius 2 is 1.88 bits per heavy atom. The van der Waals surface area contributed by atoms with E-state index in [0.29, 0.717) is 11.8 Å². The second-order valence-corrected chi connectivity index (χ2v) is 10.3. The molecule has 2 aliphatic carbocycles. The maximum atomic E-state index is 15.1. The highest BCUT2D eigenvalue weighted by Crippen LogP contribution is 2.55. The summed E-state index contributed by atoms with van der Waals surface area (Å²) in [4.78, 5) is 12.4. The van der Waals surface area contributed by atoms with Gasteiger partial charge in [0.25, 0.3) is 0 Å². The van der Waals surface area contributed by atoms with Gasteiger partial charge in [-0.1, -0.05) is 45.4 Å². The van der Waals surface area contributed by atoms with E-state index in [1.165, 1.54) is 12.1 Å². The molecule has 0 saturated heterocycles. The van der Waals surface area contributed by atoms with E-state index >= 15 is 4.39 Å². The Hall–Kier alpha value is -1.43. The Kier molecular flexibility index (Phi) is 5.17. The second-order valence-electron chi connectivity index (χ2n) is 8.16. The summed E-state index contributed by atoms with van der Waals surface area (Å²) in [6.45, 7) is 6.31. The summed E-state index contributed by atoms with van der Waals surface area (Å²) in [6.07, 6.45) is 2.25. The first-order valence-corrected chi connectivity index (χ1v) is 10.8. The van der Waals surface area contributed by atoms with Crippen LogP contribution >= 0.6 is 0 Å². The SMILES string of the molecule is CC(C)[C@@H]1CC[C@@H](C)C[C@H]1OC(=O)C1CC1(F)S(=O)(=O)c1ccccc1. The minimum Gasteiger partial charge on any atom is -0.462 e. The molecule has 0 aliphatic heterocycles. The Morgan fingerprint density at radius 3 is 2.50 bits per heavy atom. The largest absolute Gasteiger partial charge is 0.462 e. The average Bonchev–Trinajstić information content (AvgIpc) is 3.29. The third-order valence-electron chi connectivity index (χ3n) is 5.86. The zero-order chi connectivity index (χ0) is 19.1. The van der Waals surface area contributed by atoms with Gasteiger partial charge in [-0.3, -0.25) is 4.79 Å². The van der Waals surface area contributed by atoms with E-state index in [4.69, 9.17) is 4.74 Å². The number of carbonyl (C=O) groups excluding carboxylic acids is 1. The van der Waals surface area contributed by atoms with E-state index in [1.54, 1.807) is 18.2 Å². The fourth-order valence-corrected chi connectivity index (χ4v) is 5.82. The second kappa shape index (κ2) is 6.95. The molecule has 5 atom stereocenters. The highest BCUT2D eigenvalue weighted by Gasteiger charge is 2.70. The van der Waals surface area contributed by atoms with Crippen molar-refractivity contribution in [3.63, 3.8) is 0 Å². The minimum atomic E-state index is -4.21. The normalized spacial score (nSPS) is 34.5. The Bertz CT molecular complexity index is 761. The molecule has 0 amide bonds. The number of hydrogen-bond acceptors (Lipinski definition) is 4. The molecule has 6 heteroatoms. The molecule has 0 bridgehead atoms. The molecular formula is C20H27FO4S. The molecule has 2 saturated carbocycles. The summed E-state index contributed by atoms with van der Waals surface area (Å²) in [5.41, 5.74) is 0. The third kappa shape index (κ3) is 3.40. The number of benzene rings is 1. The van der Waals surface area contributed by atoms with Crippen molar-refractivity contribution in [2.24, 2.45) is 23.7 Å². The number of halogens is 1. The Balaban J connectivity index is 1.72. The van der Waals surface area contributed by atoms with Crippen molar-refractivity contribution in [1.82, 2.24) is 0 Å². The van der Waals surface area contributed by atoms with Gasteiger partial charge in [-0.05, 0) is 42.7 Å². The highest BCUT2D eigenvalue weighted by atomic mass is 32.2. The van der Waals surface area contributed by atoms with Gasteiger partial charge in [0.2, 0.25) is 14.8 Å². The molecule has 0 heterocycles. The van der Waals surface area contributed by atoms with Gasteiger partial charge >= 0.3 is 5.97 Å². The maximum absolute atomic E-state index is 15.1. The number of hydrogen-bond donors (Lipinski definition) is 0. The summed E-state index contributed by atoms with van der Waals surface area (Å²) in [5, 5.41) is -2.54. The molecule has 26 heavy (non-hydrogen) atoms. The first-order valence-electron chi connectivity index (χ1n) is 9.36.